The van der Waals surface area contributed by atoms with Crippen LogP contribution in [0.2, 0.25) is 0 Å². The molecule has 0 radical (unpaired) electrons. The zero-order chi connectivity index (χ0) is 18.8. The Labute approximate surface area is 166 Å². The van der Waals surface area contributed by atoms with Crippen molar-refractivity contribution in [1.29, 1.82) is 0 Å². The second kappa shape index (κ2) is 7.37. The number of hydrogen-bond acceptors (Lipinski definition) is 1. The first kappa shape index (κ1) is 17.5. The molecule has 0 aliphatic carbocycles. The van der Waals surface area contributed by atoms with Crippen molar-refractivity contribution < 1.29 is 0 Å². The predicted octanol–water partition coefficient (Wildman–Crippen LogP) is 6.15. The molecule has 3 heteroatoms. The van der Waals surface area contributed by atoms with Gasteiger partial charge in [-0.15, -0.1) is 0 Å². The number of aromatic nitrogens is 1. The topological polar surface area (TPSA) is 22.0 Å². The van der Waals surface area contributed by atoms with Gasteiger partial charge in [0.05, 0.1) is 11.3 Å². The molecule has 3 aromatic carbocycles. The van der Waals surface area contributed by atoms with Crippen molar-refractivity contribution in [3.8, 4) is 33.5 Å². The third-order valence-corrected chi connectivity index (χ3v) is 5.25. The highest BCUT2D eigenvalue weighted by atomic mass is 79.9. The van der Waals surface area contributed by atoms with E-state index in [2.05, 4.69) is 22.0 Å². The van der Waals surface area contributed by atoms with E-state index in [1.165, 1.54) is 0 Å². The average Bonchev–Trinajstić information content (AvgIpc) is 2.72. The maximum Gasteiger partial charge on any atom is 0.259 e. The SMILES string of the molecule is Cn1c(-c2ccc(Br)cc2)cc(-c2ccccc2)c(-c2ccccc2)c1=O. The van der Waals surface area contributed by atoms with Crippen molar-refractivity contribution in [1.82, 2.24) is 4.57 Å². The minimum atomic E-state index is 0.000437. The first-order valence-corrected chi connectivity index (χ1v) is 9.55. The summed E-state index contributed by atoms with van der Waals surface area (Å²) in [6.07, 6.45) is 0. The van der Waals surface area contributed by atoms with E-state index < -0.39 is 0 Å². The van der Waals surface area contributed by atoms with Gasteiger partial charge < -0.3 is 4.57 Å². The van der Waals surface area contributed by atoms with E-state index in [1.54, 1.807) is 4.57 Å². The van der Waals surface area contributed by atoms with E-state index >= 15 is 0 Å². The first-order chi connectivity index (χ1) is 13.1. The number of rotatable bonds is 3. The van der Waals surface area contributed by atoms with Gasteiger partial charge >= 0.3 is 0 Å². The van der Waals surface area contributed by atoms with Crippen LogP contribution in [0.4, 0.5) is 0 Å². The van der Waals surface area contributed by atoms with Gasteiger partial charge in [-0.3, -0.25) is 4.79 Å². The van der Waals surface area contributed by atoms with Crippen molar-refractivity contribution in [2.24, 2.45) is 7.05 Å². The summed E-state index contributed by atoms with van der Waals surface area (Å²) in [6.45, 7) is 0. The van der Waals surface area contributed by atoms with Crippen molar-refractivity contribution in [2.75, 3.05) is 0 Å². The fourth-order valence-electron chi connectivity index (χ4n) is 3.32. The second-order valence-electron chi connectivity index (χ2n) is 6.42. The summed E-state index contributed by atoms with van der Waals surface area (Å²) in [4.78, 5) is 13.4. The van der Waals surface area contributed by atoms with E-state index in [1.807, 2.05) is 92.0 Å². The van der Waals surface area contributed by atoms with Crippen LogP contribution in [0.1, 0.15) is 0 Å². The summed E-state index contributed by atoms with van der Waals surface area (Å²) < 4.78 is 2.75. The van der Waals surface area contributed by atoms with E-state index in [0.717, 1.165) is 38.0 Å². The summed E-state index contributed by atoms with van der Waals surface area (Å²) in [6, 6.07) is 30.1. The number of pyridine rings is 1. The third-order valence-electron chi connectivity index (χ3n) is 4.72. The van der Waals surface area contributed by atoms with E-state index in [0.29, 0.717) is 0 Å². The zero-order valence-corrected chi connectivity index (χ0v) is 16.5. The molecule has 0 aliphatic heterocycles. The second-order valence-corrected chi connectivity index (χ2v) is 7.34. The fraction of sp³-hybridized carbons (Fsp3) is 0.0417. The third kappa shape index (κ3) is 3.38. The highest BCUT2D eigenvalue weighted by Gasteiger charge is 2.16. The molecule has 0 unspecified atom stereocenters. The van der Waals surface area contributed by atoms with Gasteiger partial charge in [0.15, 0.2) is 0 Å². The molecule has 4 aromatic rings. The van der Waals surface area contributed by atoms with Crippen LogP contribution in [0.25, 0.3) is 33.5 Å². The highest BCUT2D eigenvalue weighted by Crippen LogP contribution is 2.33. The Balaban J connectivity index is 2.04. The molecule has 0 amide bonds. The molecule has 2 nitrogen and oxygen atoms in total. The van der Waals surface area contributed by atoms with Gasteiger partial charge in [-0.05, 0) is 40.5 Å². The normalized spacial score (nSPS) is 10.7. The lowest BCUT2D eigenvalue weighted by molar-refractivity contribution is 0.874. The summed E-state index contributed by atoms with van der Waals surface area (Å²) in [5, 5.41) is 0. The molecule has 1 aromatic heterocycles. The van der Waals surface area contributed by atoms with Gasteiger partial charge in [-0.25, -0.2) is 0 Å². The van der Waals surface area contributed by atoms with Crippen LogP contribution >= 0.6 is 15.9 Å². The molecule has 0 atom stereocenters. The maximum atomic E-state index is 13.4. The minimum absolute atomic E-state index is 0.000437. The van der Waals surface area contributed by atoms with Crippen LogP contribution < -0.4 is 5.56 Å². The van der Waals surface area contributed by atoms with Gasteiger partial charge in [-0.1, -0.05) is 88.7 Å². The van der Waals surface area contributed by atoms with Gasteiger partial charge in [-0.2, -0.15) is 0 Å². The Hall–Kier alpha value is -2.91. The molecular weight excluding hydrogens is 398 g/mol. The van der Waals surface area contributed by atoms with Crippen LogP contribution in [-0.4, -0.2) is 4.57 Å². The van der Waals surface area contributed by atoms with Crippen molar-refractivity contribution in [2.45, 2.75) is 0 Å². The smallest absolute Gasteiger partial charge is 0.259 e. The minimum Gasteiger partial charge on any atom is -0.311 e. The molecule has 0 saturated carbocycles. The number of benzene rings is 3. The van der Waals surface area contributed by atoms with Crippen molar-refractivity contribution in [3.05, 3.63) is 106 Å². The maximum absolute atomic E-state index is 13.4. The standard InChI is InChI=1S/C24H18BrNO/c1-26-22(18-12-14-20(25)15-13-18)16-21(17-8-4-2-5-9-17)23(24(26)27)19-10-6-3-7-11-19/h2-16H,1H3. The van der Waals surface area contributed by atoms with Gasteiger partial charge in [0.1, 0.15) is 0 Å². The van der Waals surface area contributed by atoms with E-state index in [9.17, 15) is 4.79 Å². The Bertz CT molecular complexity index is 1130. The monoisotopic (exact) mass is 415 g/mol. The van der Waals surface area contributed by atoms with E-state index in [4.69, 9.17) is 0 Å². The number of nitrogens with zero attached hydrogens (tertiary/aromatic N) is 1. The summed E-state index contributed by atoms with van der Waals surface area (Å²) in [5.74, 6) is 0. The van der Waals surface area contributed by atoms with Crippen molar-refractivity contribution >= 4 is 15.9 Å². The van der Waals surface area contributed by atoms with Crippen LogP contribution in [0.15, 0.2) is 100 Å². The molecule has 0 bridgehead atoms. The molecular formula is C24H18BrNO. The Morgan fingerprint density at radius 1 is 0.704 bits per heavy atom. The lowest BCUT2D eigenvalue weighted by atomic mass is 9.94. The van der Waals surface area contributed by atoms with E-state index in [-0.39, 0.29) is 5.56 Å². The Kier molecular flexibility index (Phi) is 4.78. The van der Waals surface area contributed by atoms with Gasteiger partial charge in [0.2, 0.25) is 0 Å². The van der Waals surface area contributed by atoms with Crippen LogP contribution in [0.3, 0.4) is 0 Å². The molecule has 4 rings (SSSR count). The molecule has 27 heavy (non-hydrogen) atoms. The summed E-state index contributed by atoms with van der Waals surface area (Å²) in [7, 11) is 1.83. The lowest BCUT2D eigenvalue weighted by Gasteiger charge is -2.16. The molecule has 1 heterocycles. The summed E-state index contributed by atoms with van der Waals surface area (Å²) in [5.41, 5.74) is 5.54. The molecule has 0 aliphatic rings. The molecule has 0 fully saturated rings. The molecule has 0 saturated heterocycles. The first-order valence-electron chi connectivity index (χ1n) is 8.76. The van der Waals surface area contributed by atoms with Crippen LogP contribution in [0, 0.1) is 0 Å². The van der Waals surface area contributed by atoms with Gasteiger partial charge in [0, 0.05) is 11.5 Å². The number of hydrogen-bond donors (Lipinski definition) is 0. The Morgan fingerprint density at radius 2 is 1.26 bits per heavy atom. The predicted molar refractivity (Wildman–Crippen MR) is 116 cm³/mol. The average molecular weight is 416 g/mol. The van der Waals surface area contributed by atoms with Crippen LogP contribution in [-0.2, 0) is 7.05 Å². The summed E-state index contributed by atoms with van der Waals surface area (Å²) >= 11 is 3.48. The zero-order valence-electron chi connectivity index (χ0n) is 14.9. The molecule has 0 spiro atoms. The van der Waals surface area contributed by atoms with Crippen molar-refractivity contribution in [3.63, 3.8) is 0 Å². The quantitative estimate of drug-likeness (QED) is 0.393. The molecule has 132 valence electrons. The highest BCUT2D eigenvalue weighted by molar-refractivity contribution is 9.10. The lowest BCUT2D eigenvalue weighted by Crippen LogP contribution is -2.21. The Morgan fingerprint density at radius 3 is 1.85 bits per heavy atom. The largest absolute Gasteiger partial charge is 0.311 e. The number of halogens is 1. The van der Waals surface area contributed by atoms with Crippen LogP contribution in [0.5, 0.6) is 0 Å². The molecule has 0 N–H and O–H groups in total. The van der Waals surface area contributed by atoms with Gasteiger partial charge in [0.25, 0.3) is 5.56 Å². The fourth-order valence-corrected chi connectivity index (χ4v) is 3.59.